The lowest BCUT2D eigenvalue weighted by atomic mass is 10.0. The summed E-state index contributed by atoms with van der Waals surface area (Å²) in [5.74, 6) is -0.0968. The van der Waals surface area contributed by atoms with Crippen LogP contribution in [0.3, 0.4) is 0 Å². The summed E-state index contributed by atoms with van der Waals surface area (Å²) in [6, 6.07) is 4.84. The zero-order chi connectivity index (χ0) is 13.3. The maximum Gasteiger partial charge on any atom is 0.146 e. The maximum absolute atomic E-state index is 14.0. The molecule has 0 aliphatic carbocycles. The Morgan fingerprint density at radius 2 is 2.06 bits per heavy atom. The first-order valence-corrected chi connectivity index (χ1v) is 6.39. The van der Waals surface area contributed by atoms with E-state index in [9.17, 15) is 14.6 Å². The molecule has 3 unspecified atom stereocenters. The molecule has 2 rings (SSSR count). The van der Waals surface area contributed by atoms with Crippen LogP contribution < -0.4 is 4.90 Å². The van der Waals surface area contributed by atoms with Crippen LogP contribution in [-0.4, -0.2) is 29.4 Å². The molecule has 1 heterocycles. The smallest absolute Gasteiger partial charge is 0.146 e. The van der Waals surface area contributed by atoms with Crippen molar-refractivity contribution in [3.8, 4) is 0 Å². The molecule has 0 spiro atoms. The lowest BCUT2D eigenvalue weighted by Crippen LogP contribution is -2.24. The first kappa shape index (κ1) is 13.3. The number of halogens is 1. The molecule has 18 heavy (non-hydrogen) atoms. The first-order chi connectivity index (χ1) is 8.49. The number of rotatable bonds is 3. The van der Waals surface area contributed by atoms with E-state index in [-0.39, 0.29) is 17.8 Å². The van der Waals surface area contributed by atoms with Crippen molar-refractivity contribution in [2.75, 3.05) is 18.0 Å². The molecule has 1 aliphatic rings. The number of anilines is 1. The monoisotopic (exact) mass is 253 g/mol. The summed E-state index contributed by atoms with van der Waals surface area (Å²) >= 11 is 0. The van der Waals surface area contributed by atoms with Gasteiger partial charge in [0.2, 0.25) is 0 Å². The van der Waals surface area contributed by atoms with Crippen molar-refractivity contribution in [1.82, 2.24) is 0 Å². The van der Waals surface area contributed by atoms with Crippen molar-refractivity contribution in [1.29, 1.82) is 0 Å². The van der Waals surface area contributed by atoms with Gasteiger partial charge in [-0.15, -0.1) is 0 Å². The second kappa shape index (κ2) is 5.24. The number of aliphatic hydroxyl groups excluding tert-OH is 2. The highest BCUT2D eigenvalue weighted by molar-refractivity contribution is 5.50. The Labute approximate surface area is 107 Å². The number of aliphatic hydroxyl groups is 2. The third-order valence-corrected chi connectivity index (χ3v) is 3.70. The van der Waals surface area contributed by atoms with Crippen LogP contribution in [0.1, 0.15) is 31.9 Å². The minimum absolute atomic E-state index is 0.209. The van der Waals surface area contributed by atoms with Crippen LogP contribution in [0.25, 0.3) is 0 Å². The van der Waals surface area contributed by atoms with Gasteiger partial charge in [0, 0.05) is 19.0 Å². The predicted molar refractivity (Wildman–Crippen MR) is 69.0 cm³/mol. The Bertz CT molecular complexity index is 420. The summed E-state index contributed by atoms with van der Waals surface area (Å²) < 4.78 is 14.0. The fourth-order valence-electron chi connectivity index (χ4n) is 2.44. The second-order valence-electron chi connectivity index (χ2n) is 5.12. The van der Waals surface area contributed by atoms with Crippen LogP contribution in [0.2, 0.25) is 0 Å². The minimum atomic E-state index is -0.655. The third kappa shape index (κ3) is 2.65. The fraction of sp³-hybridized carbons (Fsp3) is 0.571. The molecule has 4 heteroatoms. The van der Waals surface area contributed by atoms with Gasteiger partial charge in [0.25, 0.3) is 0 Å². The van der Waals surface area contributed by atoms with Crippen LogP contribution in [0.15, 0.2) is 18.2 Å². The molecule has 1 saturated heterocycles. The lowest BCUT2D eigenvalue weighted by Gasteiger charge is -2.21. The first-order valence-electron chi connectivity index (χ1n) is 6.39. The fourth-order valence-corrected chi connectivity index (χ4v) is 2.44. The van der Waals surface area contributed by atoms with Gasteiger partial charge >= 0.3 is 0 Å². The summed E-state index contributed by atoms with van der Waals surface area (Å²) in [6.45, 7) is 4.85. The van der Waals surface area contributed by atoms with Gasteiger partial charge in [0.15, 0.2) is 0 Å². The van der Waals surface area contributed by atoms with Crippen LogP contribution in [0.5, 0.6) is 0 Å². The number of nitrogens with zero attached hydrogens (tertiary/aromatic N) is 1. The van der Waals surface area contributed by atoms with E-state index in [2.05, 4.69) is 0 Å². The molecule has 0 bridgehead atoms. The number of benzene rings is 1. The molecule has 1 aliphatic heterocycles. The normalized spacial score (nSPS) is 23.2. The van der Waals surface area contributed by atoms with E-state index in [1.54, 1.807) is 26.0 Å². The van der Waals surface area contributed by atoms with E-state index < -0.39 is 6.10 Å². The van der Waals surface area contributed by atoms with E-state index in [1.807, 2.05) is 4.90 Å². The summed E-state index contributed by atoms with van der Waals surface area (Å²) in [5, 5.41) is 19.0. The van der Waals surface area contributed by atoms with Crippen molar-refractivity contribution in [2.45, 2.75) is 32.5 Å². The molecule has 1 aromatic rings. The van der Waals surface area contributed by atoms with Crippen LogP contribution in [-0.2, 0) is 0 Å². The molecule has 0 aromatic heterocycles. The van der Waals surface area contributed by atoms with Gasteiger partial charge in [-0.1, -0.05) is 6.07 Å². The minimum Gasteiger partial charge on any atom is -0.393 e. The van der Waals surface area contributed by atoms with Crippen LogP contribution in [0, 0.1) is 11.7 Å². The highest BCUT2D eigenvalue weighted by Crippen LogP contribution is 2.29. The van der Waals surface area contributed by atoms with Crippen molar-refractivity contribution in [3.05, 3.63) is 29.6 Å². The Morgan fingerprint density at radius 3 is 2.56 bits per heavy atom. The van der Waals surface area contributed by atoms with Gasteiger partial charge in [0.05, 0.1) is 17.9 Å². The molecular formula is C14H20FNO2. The standard InChI is InChI=1S/C14H20FNO2/c1-9(17)11-3-4-14(13(15)7-11)16-6-5-12(8-16)10(2)18/h3-4,7,9-10,12,17-18H,5-6,8H2,1-2H3. The zero-order valence-electron chi connectivity index (χ0n) is 10.8. The van der Waals surface area contributed by atoms with Gasteiger partial charge in [-0.25, -0.2) is 4.39 Å². The van der Waals surface area contributed by atoms with E-state index in [0.29, 0.717) is 17.8 Å². The molecule has 1 aromatic carbocycles. The Hall–Kier alpha value is -1.13. The van der Waals surface area contributed by atoms with E-state index >= 15 is 0 Å². The Morgan fingerprint density at radius 1 is 1.33 bits per heavy atom. The van der Waals surface area contributed by atoms with Crippen LogP contribution >= 0.6 is 0 Å². The van der Waals surface area contributed by atoms with Gasteiger partial charge in [-0.3, -0.25) is 0 Å². The molecule has 3 nitrogen and oxygen atoms in total. The second-order valence-corrected chi connectivity index (χ2v) is 5.12. The molecule has 3 atom stereocenters. The highest BCUT2D eigenvalue weighted by Gasteiger charge is 2.27. The average Bonchev–Trinajstić information content (AvgIpc) is 2.78. The summed E-state index contributed by atoms with van der Waals surface area (Å²) in [6.07, 6.45) is -0.123. The number of hydrogen-bond donors (Lipinski definition) is 2. The third-order valence-electron chi connectivity index (χ3n) is 3.70. The molecule has 2 N–H and O–H groups in total. The largest absolute Gasteiger partial charge is 0.393 e. The van der Waals surface area contributed by atoms with E-state index in [1.165, 1.54) is 6.07 Å². The Kier molecular flexibility index (Phi) is 3.88. The van der Waals surface area contributed by atoms with Crippen molar-refractivity contribution in [3.63, 3.8) is 0 Å². The lowest BCUT2D eigenvalue weighted by molar-refractivity contribution is 0.136. The topological polar surface area (TPSA) is 43.7 Å². The van der Waals surface area contributed by atoms with Gasteiger partial charge in [-0.2, -0.15) is 0 Å². The number of hydrogen-bond acceptors (Lipinski definition) is 3. The maximum atomic E-state index is 14.0. The molecule has 0 radical (unpaired) electrons. The van der Waals surface area contributed by atoms with Crippen molar-refractivity contribution in [2.24, 2.45) is 5.92 Å². The molecule has 100 valence electrons. The predicted octanol–water partition coefficient (Wildman–Crippen LogP) is 2.09. The average molecular weight is 253 g/mol. The van der Waals surface area contributed by atoms with Gasteiger partial charge < -0.3 is 15.1 Å². The summed E-state index contributed by atoms with van der Waals surface area (Å²) in [4.78, 5) is 1.96. The van der Waals surface area contributed by atoms with Gasteiger partial charge in [-0.05, 0) is 38.0 Å². The highest BCUT2D eigenvalue weighted by atomic mass is 19.1. The zero-order valence-corrected chi connectivity index (χ0v) is 10.8. The quantitative estimate of drug-likeness (QED) is 0.867. The SMILES string of the molecule is CC(O)c1ccc(N2CCC(C(C)O)C2)c(F)c1. The molecule has 0 saturated carbocycles. The molecular weight excluding hydrogens is 233 g/mol. The van der Waals surface area contributed by atoms with E-state index in [0.717, 1.165) is 13.0 Å². The van der Waals surface area contributed by atoms with E-state index in [4.69, 9.17) is 0 Å². The van der Waals surface area contributed by atoms with Gasteiger partial charge in [0.1, 0.15) is 5.82 Å². The van der Waals surface area contributed by atoms with Crippen molar-refractivity contribution >= 4 is 5.69 Å². The summed E-state index contributed by atoms with van der Waals surface area (Å²) in [7, 11) is 0. The molecule has 1 fully saturated rings. The van der Waals surface area contributed by atoms with Crippen LogP contribution in [0.4, 0.5) is 10.1 Å². The summed E-state index contributed by atoms with van der Waals surface area (Å²) in [5.41, 5.74) is 1.14. The van der Waals surface area contributed by atoms with Crippen molar-refractivity contribution < 1.29 is 14.6 Å². The Balaban J connectivity index is 2.15. The molecule has 0 amide bonds.